The lowest BCUT2D eigenvalue weighted by Gasteiger charge is -2.07. The molecule has 1 amide bonds. The Morgan fingerprint density at radius 1 is 1.17 bits per heavy atom. The van der Waals surface area contributed by atoms with Gasteiger partial charge in [-0.3, -0.25) is 4.79 Å². The molecule has 24 heavy (non-hydrogen) atoms. The molecule has 0 unspecified atom stereocenters. The molecule has 1 N–H and O–H groups in total. The molecule has 0 aliphatic carbocycles. The molecule has 0 spiro atoms. The van der Waals surface area contributed by atoms with Crippen molar-refractivity contribution in [2.45, 2.75) is 6.92 Å². The maximum Gasteiger partial charge on any atom is 0.277 e. The zero-order chi connectivity index (χ0) is 17.4. The van der Waals surface area contributed by atoms with Crippen molar-refractivity contribution in [3.05, 3.63) is 58.1 Å². The van der Waals surface area contributed by atoms with E-state index in [0.29, 0.717) is 22.4 Å². The van der Waals surface area contributed by atoms with Crippen LogP contribution in [0.3, 0.4) is 0 Å². The lowest BCUT2D eigenvalue weighted by atomic mass is 10.2. The van der Waals surface area contributed by atoms with E-state index in [1.807, 2.05) is 31.2 Å². The van der Waals surface area contributed by atoms with Crippen LogP contribution in [0, 0.1) is 0 Å². The highest BCUT2D eigenvalue weighted by Crippen LogP contribution is 2.27. The van der Waals surface area contributed by atoms with E-state index in [9.17, 15) is 4.79 Å². The third-order valence-electron chi connectivity index (χ3n) is 2.85. The van der Waals surface area contributed by atoms with Crippen molar-refractivity contribution in [3.8, 4) is 11.5 Å². The van der Waals surface area contributed by atoms with E-state index < -0.39 is 5.91 Å². The summed E-state index contributed by atoms with van der Waals surface area (Å²) in [4.78, 5) is 11.7. The van der Waals surface area contributed by atoms with Gasteiger partial charge in [-0.25, -0.2) is 5.43 Å². The lowest BCUT2D eigenvalue weighted by molar-refractivity contribution is -0.123. The molecular formula is C17H16Cl2N2O3. The summed E-state index contributed by atoms with van der Waals surface area (Å²) in [5, 5.41) is 4.70. The molecule has 0 aliphatic heterocycles. The molecular weight excluding hydrogens is 351 g/mol. The van der Waals surface area contributed by atoms with Crippen molar-refractivity contribution in [3.63, 3.8) is 0 Å². The molecule has 2 aromatic carbocycles. The van der Waals surface area contributed by atoms with Gasteiger partial charge in [0, 0.05) is 5.02 Å². The van der Waals surface area contributed by atoms with E-state index in [4.69, 9.17) is 32.7 Å². The zero-order valence-electron chi connectivity index (χ0n) is 13.0. The van der Waals surface area contributed by atoms with E-state index in [-0.39, 0.29) is 6.61 Å². The van der Waals surface area contributed by atoms with Gasteiger partial charge in [0.25, 0.3) is 5.91 Å². The average Bonchev–Trinajstić information content (AvgIpc) is 2.56. The second-order valence-corrected chi connectivity index (χ2v) is 5.50. The van der Waals surface area contributed by atoms with Gasteiger partial charge in [-0.1, -0.05) is 23.2 Å². The summed E-state index contributed by atoms with van der Waals surface area (Å²) in [6, 6.07) is 12.1. The van der Waals surface area contributed by atoms with Crippen LogP contribution in [0.5, 0.6) is 11.5 Å². The van der Waals surface area contributed by atoms with Gasteiger partial charge in [0.05, 0.1) is 17.8 Å². The number of nitrogens with zero attached hydrogens (tertiary/aromatic N) is 1. The van der Waals surface area contributed by atoms with Gasteiger partial charge in [-0.05, 0) is 55.0 Å². The molecule has 2 rings (SSSR count). The molecule has 5 nitrogen and oxygen atoms in total. The van der Waals surface area contributed by atoms with Crippen molar-refractivity contribution in [2.24, 2.45) is 5.10 Å². The average molecular weight is 367 g/mol. The van der Waals surface area contributed by atoms with Gasteiger partial charge in [0.15, 0.2) is 6.61 Å². The van der Waals surface area contributed by atoms with Crippen LogP contribution in [-0.2, 0) is 4.79 Å². The Balaban J connectivity index is 1.80. The van der Waals surface area contributed by atoms with Crippen LogP contribution in [0.15, 0.2) is 47.6 Å². The van der Waals surface area contributed by atoms with Crippen LogP contribution in [0.25, 0.3) is 0 Å². The van der Waals surface area contributed by atoms with Crippen LogP contribution < -0.4 is 14.9 Å². The number of ether oxygens (including phenoxy) is 2. The summed E-state index contributed by atoms with van der Waals surface area (Å²) in [5.41, 5.74) is 3.21. The topological polar surface area (TPSA) is 59.9 Å². The van der Waals surface area contributed by atoms with Crippen LogP contribution in [0.1, 0.15) is 12.5 Å². The maximum absolute atomic E-state index is 11.7. The van der Waals surface area contributed by atoms with E-state index in [2.05, 4.69) is 10.5 Å². The summed E-state index contributed by atoms with van der Waals surface area (Å²) in [6.07, 6.45) is 1.53. The highest BCUT2D eigenvalue weighted by molar-refractivity contribution is 6.35. The van der Waals surface area contributed by atoms with E-state index in [0.717, 1.165) is 11.3 Å². The molecule has 0 aliphatic rings. The third-order valence-corrected chi connectivity index (χ3v) is 3.38. The third kappa shape index (κ3) is 5.76. The minimum atomic E-state index is -0.400. The van der Waals surface area contributed by atoms with Crippen molar-refractivity contribution >= 4 is 35.3 Å². The molecule has 0 heterocycles. The smallest absolute Gasteiger partial charge is 0.277 e. The number of rotatable bonds is 7. The first-order valence-electron chi connectivity index (χ1n) is 7.21. The molecule has 0 radical (unpaired) electrons. The van der Waals surface area contributed by atoms with Gasteiger partial charge in [0.1, 0.15) is 11.5 Å². The maximum atomic E-state index is 11.7. The van der Waals surface area contributed by atoms with Gasteiger partial charge in [0.2, 0.25) is 0 Å². The van der Waals surface area contributed by atoms with Crippen molar-refractivity contribution < 1.29 is 14.3 Å². The Morgan fingerprint density at radius 2 is 1.92 bits per heavy atom. The first-order chi connectivity index (χ1) is 11.6. The second-order valence-electron chi connectivity index (χ2n) is 4.66. The van der Waals surface area contributed by atoms with E-state index in [1.54, 1.807) is 18.2 Å². The second kappa shape index (κ2) is 9.15. The molecule has 0 saturated carbocycles. The molecule has 7 heteroatoms. The summed E-state index contributed by atoms with van der Waals surface area (Å²) in [5.74, 6) is 0.766. The Labute approximate surface area is 150 Å². The highest BCUT2D eigenvalue weighted by atomic mass is 35.5. The number of benzene rings is 2. The summed E-state index contributed by atoms with van der Waals surface area (Å²) in [7, 11) is 0. The van der Waals surface area contributed by atoms with Crippen molar-refractivity contribution in [1.29, 1.82) is 0 Å². The number of carbonyl (C=O) groups is 1. The van der Waals surface area contributed by atoms with Crippen LogP contribution >= 0.6 is 23.2 Å². The fourth-order valence-corrected chi connectivity index (χ4v) is 2.23. The monoisotopic (exact) mass is 366 g/mol. The first kappa shape index (κ1) is 18.1. The van der Waals surface area contributed by atoms with E-state index >= 15 is 0 Å². The minimum absolute atomic E-state index is 0.206. The predicted molar refractivity (Wildman–Crippen MR) is 95.3 cm³/mol. The van der Waals surface area contributed by atoms with Gasteiger partial charge in [-0.15, -0.1) is 0 Å². The number of hydrogen-bond donors (Lipinski definition) is 1. The van der Waals surface area contributed by atoms with Crippen LogP contribution in [0.2, 0.25) is 10.0 Å². The molecule has 0 bridgehead atoms. The minimum Gasteiger partial charge on any atom is -0.494 e. The Morgan fingerprint density at radius 3 is 2.58 bits per heavy atom. The number of amides is 1. The van der Waals surface area contributed by atoms with Gasteiger partial charge >= 0.3 is 0 Å². The Hall–Kier alpha value is -2.24. The Kier molecular flexibility index (Phi) is 6.90. The number of hydrogen-bond acceptors (Lipinski definition) is 4. The molecule has 126 valence electrons. The molecule has 0 saturated heterocycles. The number of carbonyl (C=O) groups excluding carboxylic acids is 1. The molecule has 0 aromatic heterocycles. The predicted octanol–water partition coefficient (Wildman–Crippen LogP) is 3.92. The SMILES string of the molecule is CCOc1ccc(/C=N/NC(=O)COc2ccc(Cl)cc2Cl)cc1. The number of hydrazone groups is 1. The quantitative estimate of drug-likeness (QED) is 0.596. The molecule has 2 aromatic rings. The zero-order valence-corrected chi connectivity index (χ0v) is 14.5. The molecule has 0 fully saturated rings. The standard InChI is InChI=1S/C17H16Cl2N2O3/c1-2-23-14-6-3-12(4-7-14)10-20-21-17(22)11-24-16-8-5-13(18)9-15(16)19/h3-10H,2,11H2,1H3,(H,21,22)/b20-10+. The van der Waals surface area contributed by atoms with Gasteiger partial charge in [-0.2, -0.15) is 5.10 Å². The number of nitrogens with one attached hydrogen (secondary N) is 1. The fourth-order valence-electron chi connectivity index (χ4n) is 1.76. The largest absolute Gasteiger partial charge is 0.494 e. The summed E-state index contributed by atoms with van der Waals surface area (Å²) < 4.78 is 10.7. The van der Waals surface area contributed by atoms with Crippen molar-refractivity contribution in [1.82, 2.24) is 5.43 Å². The van der Waals surface area contributed by atoms with E-state index in [1.165, 1.54) is 6.21 Å². The van der Waals surface area contributed by atoms with Gasteiger partial charge < -0.3 is 9.47 Å². The summed E-state index contributed by atoms with van der Waals surface area (Å²) >= 11 is 11.7. The normalized spacial score (nSPS) is 10.6. The summed E-state index contributed by atoms with van der Waals surface area (Å²) in [6.45, 7) is 2.33. The van der Waals surface area contributed by atoms with Crippen LogP contribution in [0.4, 0.5) is 0 Å². The number of halogens is 2. The first-order valence-corrected chi connectivity index (χ1v) is 7.96. The Bertz CT molecular complexity index is 718. The fraction of sp³-hybridized carbons (Fsp3) is 0.176. The van der Waals surface area contributed by atoms with Crippen LogP contribution in [-0.4, -0.2) is 25.3 Å². The molecule has 0 atom stereocenters. The highest BCUT2D eigenvalue weighted by Gasteiger charge is 2.05. The van der Waals surface area contributed by atoms with Crippen molar-refractivity contribution in [2.75, 3.05) is 13.2 Å². The lowest BCUT2D eigenvalue weighted by Crippen LogP contribution is -2.24.